The van der Waals surface area contributed by atoms with E-state index in [0.29, 0.717) is 18.3 Å². The van der Waals surface area contributed by atoms with E-state index < -0.39 is 5.97 Å². The first-order valence-corrected chi connectivity index (χ1v) is 6.98. The van der Waals surface area contributed by atoms with Crippen LogP contribution in [0.4, 0.5) is 5.69 Å². The molecule has 0 radical (unpaired) electrons. The Morgan fingerprint density at radius 2 is 2.30 bits per heavy atom. The minimum Gasteiger partial charge on any atom is -0.478 e. The Balaban J connectivity index is 2.06. The average molecular weight is 277 g/mol. The summed E-state index contributed by atoms with van der Waals surface area (Å²) in [5.74, 6) is -0.954. The second kappa shape index (κ2) is 6.24. The van der Waals surface area contributed by atoms with Crippen LogP contribution in [0, 0.1) is 0 Å². The van der Waals surface area contributed by atoms with Gasteiger partial charge in [-0.3, -0.25) is 0 Å². The summed E-state index contributed by atoms with van der Waals surface area (Å²) in [5.41, 5.74) is 7.12. The smallest absolute Gasteiger partial charge is 0.338 e. The number of nitrogen functional groups attached to an aromatic ring is 1. The van der Waals surface area contributed by atoms with Gasteiger partial charge in [-0.15, -0.1) is 0 Å². The maximum atomic E-state index is 11.3. The maximum absolute atomic E-state index is 11.3. The molecule has 5 nitrogen and oxygen atoms in total. The van der Waals surface area contributed by atoms with E-state index in [1.807, 2.05) is 19.2 Å². The number of likely N-dealkylation sites (N-methyl/N-ethyl adjacent to an activating group) is 2. The van der Waals surface area contributed by atoms with E-state index in [9.17, 15) is 9.90 Å². The van der Waals surface area contributed by atoms with E-state index in [2.05, 4.69) is 16.8 Å². The molecule has 1 saturated heterocycles. The van der Waals surface area contributed by atoms with Gasteiger partial charge < -0.3 is 20.6 Å². The lowest BCUT2D eigenvalue weighted by molar-refractivity contribution is 0.0695. The van der Waals surface area contributed by atoms with Crippen LogP contribution in [0.1, 0.15) is 28.8 Å². The monoisotopic (exact) mass is 277 g/mol. The van der Waals surface area contributed by atoms with Crippen LogP contribution in [0.15, 0.2) is 18.2 Å². The molecule has 2 rings (SSSR count). The third kappa shape index (κ3) is 3.29. The third-order valence-electron chi connectivity index (χ3n) is 4.03. The normalized spacial score (nSPS) is 19.6. The lowest BCUT2D eigenvalue weighted by atomic mass is 10.0. The molecule has 0 aromatic heterocycles. The fourth-order valence-corrected chi connectivity index (χ4v) is 2.94. The van der Waals surface area contributed by atoms with E-state index in [4.69, 9.17) is 5.73 Å². The van der Waals surface area contributed by atoms with Crippen molar-refractivity contribution in [2.75, 3.05) is 32.9 Å². The highest BCUT2D eigenvalue weighted by molar-refractivity contribution is 5.95. The lowest BCUT2D eigenvalue weighted by Gasteiger charge is -2.26. The quantitative estimate of drug-likeness (QED) is 0.798. The Bertz CT molecular complexity index is 490. The van der Waals surface area contributed by atoms with Gasteiger partial charge in [0.25, 0.3) is 0 Å². The van der Waals surface area contributed by atoms with E-state index in [0.717, 1.165) is 18.7 Å². The Hall–Kier alpha value is -1.59. The van der Waals surface area contributed by atoms with Crippen LogP contribution in [0.5, 0.6) is 0 Å². The summed E-state index contributed by atoms with van der Waals surface area (Å²) in [7, 11) is 4.18. The van der Waals surface area contributed by atoms with Crippen molar-refractivity contribution in [3.63, 3.8) is 0 Å². The number of nitrogens with two attached hydrogens (primary N) is 1. The average Bonchev–Trinajstić information content (AvgIpc) is 2.74. The number of benzene rings is 1. The highest BCUT2D eigenvalue weighted by Crippen LogP contribution is 2.20. The van der Waals surface area contributed by atoms with E-state index in [-0.39, 0.29) is 5.56 Å². The third-order valence-corrected chi connectivity index (χ3v) is 4.03. The highest BCUT2D eigenvalue weighted by Gasteiger charge is 2.23. The molecule has 0 saturated carbocycles. The van der Waals surface area contributed by atoms with Crippen molar-refractivity contribution in [3.05, 3.63) is 29.3 Å². The van der Waals surface area contributed by atoms with Crippen LogP contribution in [-0.4, -0.2) is 54.1 Å². The zero-order valence-corrected chi connectivity index (χ0v) is 12.2. The number of carboxylic acids is 1. The maximum Gasteiger partial charge on any atom is 0.338 e. The van der Waals surface area contributed by atoms with Gasteiger partial charge in [0.1, 0.15) is 0 Å². The van der Waals surface area contributed by atoms with Gasteiger partial charge >= 0.3 is 5.97 Å². The van der Waals surface area contributed by atoms with Gasteiger partial charge in [-0.1, -0.05) is 12.1 Å². The van der Waals surface area contributed by atoms with Crippen molar-refractivity contribution >= 4 is 11.7 Å². The minimum absolute atomic E-state index is 0.235. The zero-order chi connectivity index (χ0) is 14.7. The molecule has 110 valence electrons. The molecule has 20 heavy (non-hydrogen) atoms. The summed E-state index contributed by atoms with van der Waals surface area (Å²) >= 11 is 0. The predicted octanol–water partition coefficient (Wildman–Crippen LogP) is 1.49. The molecule has 1 aromatic rings. The highest BCUT2D eigenvalue weighted by atomic mass is 16.4. The molecule has 0 spiro atoms. The van der Waals surface area contributed by atoms with Crippen LogP contribution in [0.2, 0.25) is 0 Å². The van der Waals surface area contributed by atoms with Crippen LogP contribution in [-0.2, 0) is 6.54 Å². The Morgan fingerprint density at radius 3 is 2.90 bits per heavy atom. The molecule has 1 atom stereocenters. The van der Waals surface area contributed by atoms with E-state index >= 15 is 0 Å². The van der Waals surface area contributed by atoms with Crippen LogP contribution < -0.4 is 5.73 Å². The molecular formula is C15H23N3O2. The summed E-state index contributed by atoms with van der Waals surface area (Å²) in [6.07, 6.45) is 2.46. The largest absolute Gasteiger partial charge is 0.478 e. The van der Waals surface area contributed by atoms with Crippen molar-refractivity contribution in [3.8, 4) is 0 Å². The molecule has 1 aromatic carbocycles. The van der Waals surface area contributed by atoms with Crippen LogP contribution in [0.25, 0.3) is 0 Å². The molecular weight excluding hydrogens is 254 g/mol. The fraction of sp³-hybridized carbons (Fsp3) is 0.533. The van der Waals surface area contributed by atoms with Gasteiger partial charge in [0, 0.05) is 24.8 Å². The Kier molecular flexibility index (Phi) is 4.62. The van der Waals surface area contributed by atoms with Gasteiger partial charge in [-0.05, 0) is 45.1 Å². The molecule has 1 aliphatic heterocycles. The van der Waals surface area contributed by atoms with Crippen LogP contribution in [0.3, 0.4) is 0 Å². The van der Waals surface area contributed by atoms with Crippen molar-refractivity contribution in [1.29, 1.82) is 0 Å². The second-order valence-corrected chi connectivity index (χ2v) is 5.66. The van der Waals surface area contributed by atoms with E-state index in [1.165, 1.54) is 12.8 Å². The van der Waals surface area contributed by atoms with Gasteiger partial charge in [-0.25, -0.2) is 4.79 Å². The number of rotatable bonds is 5. The molecule has 1 fully saturated rings. The first-order chi connectivity index (χ1) is 9.49. The topological polar surface area (TPSA) is 69.8 Å². The van der Waals surface area contributed by atoms with Crippen LogP contribution >= 0.6 is 0 Å². The second-order valence-electron chi connectivity index (χ2n) is 5.66. The molecule has 5 heteroatoms. The molecule has 0 aliphatic carbocycles. The molecule has 1 heterocycles. The fourth-order valence-electron chi connectivity index (χ4n) is 2.94. The summed E-state index contributed by atoms with van der Waals surface area (Å²) in [6.45, 7) is 2.71. The van der Waals surface area contributed by atoms with Crippen molar-refractivity contribution < 1.29 is 9.90 Å². The molecule has 0 bridgehead atoms. The minimum atomic E-state index is -0.954. The van der Waals surface area contributed by atoms with Gasteiger partial charge in [0.2, 0.25) is 0 Å². The van der Waals surface area contributed by atoms with Gasteiger partial charge in [0.05, 0.1) is 5.56 Å². The number of hydrogen-bond donors (Lipinski definition) is 2. The van der Waals surface area contributed by atoms with Crippen molar-refractivity contribution in [2.24, 2.45) is 0 Å². The zero-order valence-electron chi connectivity index (χ0n) is 12.2. The first kappa shape index (κ1) is 14.8. The number of carboxylic acid groups (broad SMARTS) is 1. The number of carbonyl (C=O) groups is 1. The SMILES string of the molecule is CN(Cc1cccc(N)c1C(=O)O)CC1CCCN1C. The lowest BCUT2D eigenvalue weighted by Crippen LogP contribution is -2.36. The number of anilines is 1. The summed E-state index contributed by atoms with van der Waals surface area (Å²) in [4.78, 5) is 15.9. The van der Waals surface area contributed by atoms with E-state index in [1.54, 1.807) is 6.07 Å². The Morgan fingerprint density at radius 1 is 1.55 bits per heavy atom. The molecule has 3 N–H and O–H groups in total. The van der Waals surface area contributed by atoms with Crippen molar-refractivity contribution in [2.45, 2.75) is 25.4 Å². The number of aromatic carboxylic acids is 1. The molecule has 1 unspecified atom stereocenters. The number of nitrogens with zero attached hydrogens (tertiary/aromatic N) is 2. The predicted molar refractivity (Wildman–Crippen MR) is 79.8 cm³/mol. The van der Waals surface area contributed by atoms with Gasteiger partial charge in [0.15, 0.2) is 0 Å². The summed E-state index contributed by atoms with van der Waals surface area (Å²) in [5, 5.41) is 9.28. The summed E-state index contributed by atoms with van der Waals surface area (Å²) < 4.78 is 0. The first-order valence-electron chi connectivity index (χ1n) is 6.98. The standard InChI is InChI=1S/C15H23N3O2/c1-17(10-12-6-4-8-18(12)2)9-11-5-3-7-13(16)14(11)15(19)20/h3,5,7,12H,4,6,8-10,16H2,1-2H3,(H,19,20). The number of hydrogen-bond acceptors (Lipinski definition) is 4. The molecule has 0 amide bonds. The molecule has 1 aliphatic rings. The Labute approximate surface area is 120 Å². The summed E-state index contributed by atoms with van der Waals surface area (Å²) in [6, 6.07) is 5.85. The number of likely N-dealkylation sites (tertiary alicyclic amines) is 1. The van der Waals surface area contributed by atoms with Crippen molar-refractivity contribution in [1.82, 2.24) is 9.80 Å². The van der Waals surface area contributed by atoms with Gasteiger partial charge in [-0.2, -0.15) is 0 Å².